The number of para-hydroxylation sites is 1. The van der Waals surface area contributed by atoms with E-state index in [1.165, 1.54) is 7.11 Å². The maximum absolute atomic E-state index is 11.8. The summed E-state index contributed by atoms with van der Waals surface area (Å²) >= 11 is 15.5. The van der Waals surface area contributed by atoms with Crippen LogP contribution in [0.3, 0.4) is 0 Å². The summed E-state index contributed by atoms with van der Waals surface area (Å²) in [6.45, 7) is 0. The van der Waals surface area contributed by atoms with Crippen molar-refractivity contribution in [1.29, 1.82) is 0 Å². The number of nitrogens with two attached hydrogens (primary N) is 1. The predicted molar refractivity (Wildman–Crippen MR) is 89.6 cm³/mol. The minimum atomic E-state index is -0.496. The van der Waals surface area contributed by atoms with Crippen LogP contribution < -0.4 is 11.1 Å². The van der Waals surface area contributed by atoms with E-state index in [1.807, 2.05) is 0 Å². The first kappa shape index (κ1) is 15.9. The van der Waals surface area contributed by atoms with Crippen LogP contribution in [0.15, 0.2) is 34.8 Å². The monoisotopic (exact) mass is 388 g/mol. The summed E-state index contributed by atoms with van der Waals surface area (Å²) < 4.78 is 5.42. The number of ether oxygens (including phenoxy) is 1. The number of esters is 1. The molecule has 0 aliphatic rings. The van der Waals surface area contributed by atoms with Crippen LogP contribution >= 0.6 is 39.1 Å². The van der Waals surface area contributed by atoms with Gasteiger partial charge in [-0.15, -0.1) is 0 Å². The summed E-state index contributed by atoms with van der Waals surface area (Å²) in [6, 6.07) is 8.42. The molecule has 7 heteroatoms. The summed E-state index contributed by atoms with van der Waals surface area (Å²) in [6.07, 6.45) is 0. The lowest BCUT2D eigenvalue weighted by atomic mass is 10.1. The zero-order chi connectivity index (χ0) is 15.6. The van der Waals surface area contributed by atoms with Gasteiger partial charge in [0.05, 0.1) is 39.8 Å². The van der Waals surface area contributed by atoms with Crippen LogP contribution in [0.4, 0.5) is 17.1 Å². The lowest BCUT2D eigenvalue weighted by Gasteiger charge is -2.15. The van der Waals surface area contributed by atoms with E-state index in [0.717, 1.165) is 0 Å². The minimum absolute atomic E-state index is 0.313. The molecule has 2 aromatic carbocycles. The van der Waals surface area contributed by atoms with Crippen LogP contribution in [0, 0.1) is 0 Å². The van der Waals surface area contributed by atoms with Gasteiger partial charge in [-0.05, 0) is 40.2 Å². The molecule has 0 atom stereocenters. The number of carbonyl (C=O) groups excluding carboxylic acids is 1. The van der Waals surface area contributed by atoms with Crippen molar-refractivity contribution in [2.24, 2.45) is 0 Å². The first-order valence-electron chi connectivity index (χ1n) is 5.83. The van der Waals surface area contributed by atoms with Crippen LogP contribution in [0.2, 0.25) is 10.0 Å². The third-order valence-electron chi connectivity index (χ3n) is 2.80. The number of methoxy groups -OCH3 is 1. The van der Waals surface area contributed by atoms with Crippen molar-refractivity contribution >= 4 is 62.2 Å². The van der Waals surface area contributed by atoms with Gasteiger partial charge in [0, 0.05) is 4.47 Å². The first-order valence-corrected chi connectivity index (χ1v) is 7.38. The zero-order valence-electron chi connectivity index (χ0n) is 10.9. The Morgan fingerprint density at radius 2 is 1.95 bits per heavy atom. The number of halogens is 3. The van der Waals surface area contributed by atoms with Gasteiger partial charge in [0.15, 0.2) is 0 Å². The van der Waals surface area contributed by atoms with Gasteiger partial charge in [0.2, 0.25) is 0 Å². The maximum Gasteiger partial charge on any atom is 0.340 e. The molecule has 110 valence electrons. The summed E-state index contributed by atoms with van der Waals surface area (Å²) in [7, 11) is 1.30. The summed E-state index contributed by atoms with van der Waals surface area (Å²) in [5.74, 6) is -0.496. The van der Waals surface area contributed by atoms with E-state index in [2.05, 4.69) is 21.2 Å². The smallest absolute Gasteiger partial charge is 0.340 e. The van der Waals surface area contributed by atoms with Crippen molar-refractivity contribution in [2.75, 3.05) is 18.2 Å². The Morgan fingerprint density at radius 3 is 2.62 bits per heavy atom. The molecule has 0 aliphatic heterocycles. The third kappa shape index (κ3) is 3.26. The SMILES string of the molecule is COC(=O)c1cccc(N)c1Nc1ccc(Br)c(Cl)c1Cl. The fraction of sp³-hybridized carbons (Fsp3) is 0.0714. The van der Waals surface area contributed by atoms with Crippen molar-refractivity contribution in [3.8, 4) is 0 Å². The quantitative estimate of drug-likeness (QED) is 0.446. The van der Waals surface area contributed by atoms with E-state index < -0.39 is 5.97 Å². The summed E-state index contributed by atoms with van der Waals surface area (Å²) in [4.78, 5) is 11.8. The molecule has 0 unspecified atom stereocenters. The fourth-order valence-corrected chi connectivity index (χ4v) is 2.57. The molecule has 3 N–H and O–H groups in total. The highest BCUT2D eigenvalue weighted by molar-refractivity contribution is 9.10. The molecule has 0 saturated carbocycles. The molecule has 0 aliphatic carbocycles. The van der Waals surface area contributed by atoms with Crippen LogP contribution in [0.1, 0.15) is 10.4 Å². The topological polar surface area (TPSA) is 64.3 Å². The van der Waals surface area contributed by atoms with Gasteiger partial charge in [-0.25, -0.2) is 4.79 Å². The second-order valence-corrected chi connectivity index (χ2v) is 5.72. The molecule has 0 fully saturated rings. The van der Waals surface area contributed by atoms with Crippen molar-refractivity contribution in [3.63, 3.8) is 0 Å². The largest absolute Gasteiger partial charge is 0.465 e. The van der Waals surface area contributed by atoms with Crippen molar-refractivity contribution in [3.05, 3.63) is 50.4 Å². The predicted octanol–water partition coefficient (Wildman–Crippen LogP) is 4.87. The van der Waals surface area contributed by atoms with Gasteiger partial charge in [0.25, 0.3) is 0 Å². The van der Waals surface area contributed by atoms with Gasteiger partial charge in [0.1, 0.15) is 0 Å². The summed E-state index contributed by atoms with van der Waals surface area (Å²) in [5.41, 5.74) is 7.59. The molecule has 2 aromatic rings. The molecular weight excluding hydrogens is 379 g/mol. The lowest BCUT2D eigenvalue weighted by Crippen LogP contribution is -2.08. The van der Waals surface area contributed by atoms with Gasteiger partial charge >= 0.3 is 5.97 Å². The van der Waals surface area contributed by atoms with Gasteiger partial charge in [-0.2, -0.15) is 0 Å². The fourth-order valence-electron chi connectivity index (χ4n) is 1.75. The van der Waals surface area contributed by atoms with Crippen LogP contribution in [-0.2, 0) is 4.74 Å². The molecular formula is C14H11BrCl2N2O2. The average molecular weight is 390 g/mol. The Morgan fingerprint density at radius 1 is 1.24 bits per heavy atom. The molecule has 0 amide bonds. The Kier molecular flexibility index (Phi) is 4.98. The number of hydrogen-bond acceptors (Lipinski definition) is 4. The number of benzene rings is 2. The number of nitrogen functional groups attached to an aromatic ring is 1. The van der Waals surface area contributed by atoms with Crippen LogP contribution in [0.25, 0.3) is 0 Å². The molecule has 0 heterocycles. The highest BCUT2D eigenvalue weighted by Gasteiger charge is 2.16. The third-order valence-corrected chi connectivity index (χ3v) is 4.57. The normalized spacial score (nSPS) is 10.3. The zero-order valence-corrected chi connectivity index (χ0v) is 14.0. The first-order chi connectivity index (χ1) is 9.95. The van der Waals surface area contributed by atoms with E-state index in [-0.39, 0.29) is 0 Å². The van der Waals surface area contributed by atoms with E-state index >= 15 is 0 Å². The Balaban J connectivity index is 2.49. The number of hydrogen-bond donors (Lipinski definition) is 2. The molecule has 0 saturated heterocycles. The Labute approximate surface area is 140 Å². The van der Waals surface area contributed by atoms with Crippen molar-refractivity contribution in [1.82, 2.24) is 0 Å². The minimum Gasteiger partial charge on any atom is -0.465 e. The molecule has 0 bridgehead atoms. The van der Waals surface area contributed by atoms with Gasteiger partial charge in [-0.1, -0.05) is 29.3 Å². The number of rotatable bonds is 3. The summed E-state index contributed by atoms with van der Waals surface area (Å²) in [5, 5.41) is 3.72. The van der Waals surface area contributed by atoms with Gasteiger partial charge in [-0.3, -0.25) is 0 Å². The van der Waals surface area contributed by atoms with E-state index in [0.29, 0.717) is 37.1 Å². The number of anilines is 3. The van der Waals surface area contributed by atoms with E-state index in [9.17, 15) is 4.79 Å². The van der Waals surface area contributed by atoms with Crippen molar-refractivity contribution in [2.45, 2.75) is 0 Å². The number of carbonyl (C=O) groups is 1. The van der Waals surface area contributed by atoms with Gasteiger partial charge < -0.3 is 15.8 Å². The highest BCUT2D eigenvalue weighted by Crippen LogP contribution is 2.38. The second-order valence-electron chi connectivity index (χ2n) is 4.11. The molecule has 4 nitrogen and oxygen atoms in total. The maximum atomic E-state index is 11.8. The standard InChI is InChI=1S/C14H11BrCl2N2O2/c1-21-14(20)7-3-2-4-9(18)13(7)19-10-6-5-8(15)11(16)12(10)17/h2-6,19H,18H2,1H3. The van der Waals surface area contributed by atoms with E-state index in [4.69, 9.17) is 33.7 Å². The molecule has 0 aromatic heterocycles. The van der Waals surface area contributed by atoms with E-state index in [1.54, 1.807) is 30.3 Å². The Bertz CT molecular complexity index is 708. The van der Waals surface area contributed by atoms with Crippen molar-refractivity contribution < 1.29 is 9.53 Å². The molecule has 21 heavy (non-hydrogen) atoms. The van der Waals surface area contributed by atoms with Crippen LogP contribution in [0.5, 0.6) is 0 Å². The lowest BCUT2D eigenvalue weighted by molar-refractivity contribution is 0.0602. The molecule has 2 rings (SSSR count). The Hall–Kier alpha value is -1.43. The molecule has 0 spiro atoms. The van der Waals surface area contributed by atoms with Crippen LogP contribution in [-0.4, -0.2) is 13.1 Å². The highest BCUT2D eigenvalue weighted by atomic mass is 79.9. The molecule has 0 radical (unpaired) electrons. The average Bonchev–Trinajstić information content (AvgIpc) is 2.48. The number of nitrogens with one attached hydrogen (secondary N) is 1. The second kappa shape index (κ2) is 6.56.